The molecule has 4 heteroatoms. The number of nitrogens with one attached hydrogen (secondary N) is 1. The van der Waals surface area contributed by atoms with E-state index in [-0.39, 0.29) is 11.8 Å². The second-order valence-corrected chi connectivity index (χ2v) is 2.18. The van der Waals surface area contributed by atoms with Crippen LogP contribution in [0.25, 0.3) is 0 Å². The Labute approximate surface area is 56.4 Å². The smallest absolute Gasteiger partial charge is 0.215 e. The molecule has 52 valence electrons. The van der Waals surface area contributed by atoms with E-state index < -0.39 is 0 Å². The first kappa shape index (κ1) is 8.49. The molecule has 0 spiro atoms. The van der Waals surface area contributed by atoms with E-state index in [1.165, 1.54) is 7.85 Å². The van der Waals surface area contributed by atoms with Crippen LogP contribution in [-0.4, -0.2) is 26.2 Å². The highest BCUT2D eigenvalue weighted by Gasteiger charge is 1.99. The molecule has 0 aromatic carbocycles. The highest BCUT2D eigenvalue weighted by atomic mass is 16.1. The molecule has 9 heavy (non-hydrogen) atoms. The van der Waals surface area contributed by atoms with Crippen molar-refractivity contribution in [3.8, 4) is 0 Å². The fourth-order valence-electron chi connectivity index (χ4n) is 0.669. The first-order valence-corrected chi connectivity index (χ1v) is 3.14. The quantitative estimate of drug-likeness (QED) is 0.482. The average Bonchev–Trinajstić information content (AvgIpc) is 1.63. The third-order valence-electron chi connectivity index (χ3n) is 1.05. The summed E-state index contributed by atoms with van der Waals surface area (Å²) in [5, 5.41) is 2.72. The Hall–Kier alpha value is -0.505. The number of hydrogen-bond acceptors (Lipinski definition) is 2. The number of rotatable bonds is 3. The Kier molecular flexibility index (Phi) is 4.14. The molecule has 0 fully saturated rings. The summed E-state index contributed by atoms with van der Waals surface area (Å²) < 4.78 is 0. The lowest BCUT2D eigenvalue weighted by molar-refractivity contribution is 0.256. The van der Waals surface area contributed by atoms with Gasteiger partial charge in [0.15, 0.2) is 5.81 Å². The molecule has 0 radical (unpaired) electrons. The standard InChI is InChI=1S/C5H13BN2O/c1-4(2-3-7)8-5(6)9/h4H,2-3,6-7H2,1H3,(H,8,9). The topological polar surface area (TPSA) is 55.1 Å². The molecule has 0 aliphatic rings. The molecule has 0 bridgehead atoms. The van der Waals surface area contributed by atoms with Crippen LogP contribution in [0.4, 0.5) is 4.79 Å². The van der Waals surface area contributed by atoms with Gasteiger partial charge in [-0.3, -0.25) is 4.79 Å². The van der Waals surface area contributed by atoms with Crippen molar-refractivity contribution < 1.29 is 4.79 Å². The summed E-state index contributed by atoms with van der Waals surface area (Å²) in [6.07, 6.45) is 0.847. The van der Waals surface area contributed by atoms with Crippen LogP contribution in [-0.2, 0) is 0 Å². The van der Waals surface area contributed by atoms with Crippen molar-refractivity contribution >= 4 is 13.7 Å². The SMILES string of the molecule is BC(=O)NC(C)CCN. The van der Waals surface area contributed by atoms with Crippen LogP contribution in [0.3, 0.4) is 0 Å². The van der Waals surface area contributed by atoms with Crippen LogP contribution in [0.15, 0.2) is 0 Å². The normalized spacial score (nSPS) is 12.7. The Morgan fingerprint density at radius 3 is 2.78 bits per heavy atom. The van der Waals surface area contributed by atoms with Crippen LogP contribution in [0.5, 0.6) is 0 Å². The number of carbonyl (C=O) groups excluding carboxylic acids is 1. The Morgan fingerprint density at radius 1 is 1.89 bits per heavy atom. The highest BCUT2D eigenvalue weighted by molar-refractivity contribution is 6.57. The van der Waals surface area contributed by atoms with E-state index in [0.717, 1.165) is 6.42 Å². The highest BCUT2D eigenvalue weighted by Crippen LogP contribution is 1.85. The maximum atomic E-state index is 10.4. The third-order valence-corrected chi connectivity index (χ3v) is 1.05. The van der Waals surface area contributed by atoms with Gasteiger partial charge in [-0.15, -0.1) is 0 Å². The second kappa shape index (κ2) is 4.38. The van der Waals surface area contributed by atoms with Crippen LogP contribution in [0.2, 0.25) is 0 Å². The minimum Gasteiger partial charge on any atom is -0.363 e. The van der Waals surface area contributed by atoms with Crippen LogP contribution < -0.4 is 11.1 Å². The molecule has 3 nitrogen and oxygen atoms in total. The van der Waals surface area contributed by atoms with E-state index in [1.807, 2.05) is 6.92 Å². The molecule has 0 saturated carbocycles. The summed E-state index contributed by atoms with van der Waals surface area (Å²) in [4.78, 5) is 10.4. The minimum atomic E-state index is 0.0101. The van der Waals surface area contributed by atoms with E-state index >= 15 is 0 Å². The molecular formula is C5H13BN2O. The van der Waals surface area contributed by atoms with Crippen molar-refractivity contribution in [1.29, 1.82) is 0 Å². The van der Waals surface area contributed by atoms with E-state index in [4.69, 9.17) is 5.73 Å². The van der Waals surface area contributed by atoms with Crippen molar-refractivity contribution in [2.24, 2.45) is 5.73 Å². The molecule has 3 N–H and O–H groups in total. The average molecular weight is 128 g/mol. The fraction of sp³-hybridized carbons (Fsp3) is 0.800. The second-order valence-electron chi connectivity index (χ2n) is 2.18. The molecule has 0 heterocycles. The molecule has 0 aliphatic heterocycles. The van der Waals surface area contributed by atoms with Gasteiger partial charge >= 0.3 is 0 Å². The Bertz CT molecular complexity index is 97.0. The molecule has 0 aromatic heterocycles. The summed E-state index contributed by atoms with van der Waals surface area (Å²) in [5.74, 6) is 0.0101. The first-order chi connectivity index (χ1) is 4.16. The van der Waals surface area contributed by atoms with Crippen molar-refractivity contribution in [2.75, 3.05) is 6.54 Å². The zero-order valence-corrected chi connectivity index (χ0v) is 5.98. The Balaban J connectivity index is 3.26. The van der Waals surface area contributed by atoms with Crippen molar-refractivity contribution in [3.63, 3.8) is 0 Å². The number of amides is 1. The van der Waals surface area contributed by atoms with E-state index in [2.05, 4.69) is 5.32 Å². The predicted octanol–water partition coefficient (Wildman–Crippen LogP) is -0.934. The summed E-state index contributed by atoms with van der Waals surface area (Å²) >= 11 is 0. The Morgan fingerprint density at radius 2 is 2.44 bits per heavy atom. The van der Waals surface area contributed by atoms with Crippen LogP contribution >= 0.6 is 0 Å². The number of carbonyl (C=O) groups is 1. The summed E-state index contributed by atoms with van der Waals surface area (Å²) in [7, 11) is 1.51. The maximum Gasteiger partial charge on any atom is 0.215 e. The van der Waals surface area contributed by atoms with Gasteiger partial charge in [0.05, 0.1) is 0 Å². The van der Waals surface area contributed by atoms with Gasteiger partial charge in [0.1, 0.15) is 0 Å². The van der Waals surface area contributed by atoms with Gasteiger partial charge in [-0.1, -0.05) is 0 Å². The van der Waals surface area contributed by atoms with Gasteiger partial charge in [0.2, 0.25) is 7.85 Å². The predicted molar refractivity (Wildman–Crippen MR) is 40.2 cm³/mol. The zero-order valence-electron chi connectivity index (χ0n) is 5.98. The van der Waals surface area contributed by atoms with E-state index in [1.54, 1.807) is 0 Å². The van der Waals surface area contributed by atoms with Crippen molar-refractivity contribution in [3.05, 3.63) is 0 Å². The fourth-order valence-corrected chi connectivity index (χ4v) is 0.669. The van der Waals surface area contributed by atoms with Gasteiger partial charge < -0.3 is 11.1 Å². The summed E-state index contributed by atoms with van der Waals surface area (Å²) in [6.45, 7) is 2.57. The largest absolute Gasteiger partial charge is 0.363 e. The van der Waals surface area contributed by atoms with Gasteiger partial charge in [-0.2, -0.15) is 0 Å². The minimum absolute atomic E-state index is 0.0101. The van der Waals surface area contributed by atoms with Gasteiger partial charge in [0, 0.05) is 6.04 Å². The lowest BCUT2D eigenvalue weighted by Crippen LogP contribution is -2.32. The summed E-state index contributed by atoms with van der Waals surface area (Å²) in [5.41, 5.74) is 5.25. The van der Waals surface area contributed by atoms with Crippen molar-refractivity contribution in [1.82, 2.24) is 5.32 Å². The molecule has 1 unspecified atom stereocenters. The van der Waals surface area contributed by atoms with Gasteiger partial charge in [-0.25, -0.2) is 0 Å². The van der Waals surface area contributed by atoms with Crippen LogP contribution in [0.1, 0.15) is 13.3 Å². The van der Waals surface area contributed by atoms with Gasteiger partial charge in [0.25, 0.3) is 0 Å². The molecule has 1 amide bonds. The van der Waals surface area contributed by atoms with E-state index in [0.29, 0.717) is 6.54 Å². The lowest BCUT2D eigenvalue weighted by Gasteiger charge is -2.09. The zero-order chi connectivity index (χ0) is 7.28. The molecule has 0 aromatic rings. The van der Waals surface area contributed by atoms with Gasteiger partial charge in [-0.05, 0) is 19.9 Å². The lowest BCUT2D eigenvalue weighted by atomic mass is 10.1. The molecule has 0 rings (SSSR count). The molecule has 1 atom stereocenters. The molecular weight excluding hydrogens is 115 g/mol. The molecule has 0 saturated heterocycles. The van der Waals surface area contributed by atoms with Crippen molar-refractivity contribution in [2.45, 2.75) is 19.4 Å². The maximum absolute atomic E-state index is 10.4. The number of nitrogens with two attached hydrogens (primary N) is 1. The first-order valence-electron chi connectivity index (χ1n) is 3.14. The third kappa shape index (κ3) is 5.36. The monoisotopic (exact) mass is 128 g/mol. The molecule has 0 aliphatic carbocycles. The van der Waals surface area contributed by atoms with E-state index in [9.17, 15) is 4.79 Å². The number of hydrogen-bond donors (Lipinski definition) is 2. The summed E-state index contributed by atoms with van der Waals surface area (Å²) in [6, 6.07) is 0.215. The van der Waals surface area contributed by atoms with Crippen LogP contribution in [0, 0.1) is 0 Å².